The Bertz CT molecular complexity index is 414. The summed E-state index contributed by atoms with van der Waals surface area (Å²) >= 11 is 0. The zero-order chi connectivity index (χ0) is 11.5. The lowest BCUT2D eigenvalue weighted by Crippen LogP contribution is -2.29. The Kier molecular flexibility index (Phi) is 2.84. The normalized spacial score (nSPS) is 18.1. The van der Waals surface area contributed by atoms with Crippen LogP contribution in [0.4, 0.5) is 5.95 Å². The number of rotatable bonds is 4. The molecule has 0 radical (unpaired) electrons. The summed E-state index contributed by atoms with van der Waals surface area (Å²) in [6.45, 7) is 2.59. The maximum absolute atomic E-state index is 11.5. The molecule has 2 N–H and O–H groups in total. The second kappa shape index (κ2) is 4.30. The van der Waals surface area contributed by atoms with Crippen molar-refractivity contribution < 1.29 is 9.59 Å². The summed E-state index contributed by atoms with van der Waals surface area (Å²) < 4.78 is 1.44. The van der Waals surface area contributed by atoms with E-state index in [-0.39, 0.29) is 18.2 Å². The summed E-state index contributed by atoms with van der Waals surface area (Å²) in [6, 6.07) is -0.575. The lowest BCUT2D eigenvalue weighted by atomic mass is 10.2. The maximum Gasteiger partial charge on any atom is 0.252 e. The van der Waals surface area contributed by atoms with Crippen LogP contribution in [0, 0.1) is 0 Å². The van der Waals surface area contributed by atoms with Crippen molar-refractivity contribution in [3.05, 3.63) is 6.33 Å². The molecule has 0 saturated heterocycles. The summed E-state index contributed by atoms with van der Waals surface area (Å²) in [7, 11) is 0. The van der Waals surface area contributed by atoms with Crippen molar-refractivity contribution in [2.45, 2.75) is 25.8 Å². The molecule has 86 valence electrons. The Morgan fingerprint density at radius 1 is 1.69 bits per heavy atom. The summed E-state index contributed by atoms with van der Waals surface area (Å²) in [4.78, 5) is 26.8. The fourth-order valence-corrected chi connectivity index (χ4v) is 1.56. The van der Waals surface area contributed by atoms with Crippen LogP contribution in [-0.4, -0.2) is 33.1 Å². The van der Waals surface area contributed by atoms with Crippen molar-refractivity contribution in [2.24, 2.45) is 0 Å². The van der Waals surface area contributed by atoms with E-state index in [0.717, 1.165) is 6.42 Å². The van der Waals surface area contributed by atoms with Gasteiger partial charge < -0.3 is 5.32 Å². The van der Waals surface area contributed by atoms with E-state index in [1.165, 1.54) is 11.0 Å². The molecule has 2 amide bonds. The average Bonchev–Trinajstić information content (AvgIpc) is 2.79. The first-order valence-corrected chi connectivity index (χ1v) is 5.19. The second-order valence-corrected chi connectivity index (χ2v) is 3.59. The van der Waals surface area contributed by atoms with Crippen LogP contribution >= 0.6 is 0 Å². The Morgan fingerprint density at radius 3 is 3.25 bits per heavy atom. The third-order valence-electron chi connectivity index (χ3n) is 2.36. The van der Waals surface area contributed by atoms with Crippen molar-refractivity contribution in [1.82, 2.24) is 20.1 Å². The van der Waals surface area contributed by atoms with Crippen LogP contribution in [0.3, 0.4) is 0 Å². The number of carbonyl (C=O) groups is 2. The third-order valence-corrected chi connectivity index (χ3v) is 2.36. The summed E-state index contributed by atoms with van der Waals surface area (Å²) in [5.74, 6) is 0.0193. The molecule has 0 spiro atoms. The van der Waals surface area contributed by atoms with E-state index in [1.807, 2.05) is 6.92 Å². The molecule has 0 saturated carbocycles. The van der Waals surface area contributed by atoms with Crippen LogP contribution < -0.4 is 10.6 Å². The third kappa shape index (κ3) is 1.88. The maximum atomic E-state index is 11.5. The SMILES string of the molecule is CCCNC(=O)C[C@H]1C(=O)Nc2ncnn21. The zero-order valence-electron chi connectivity index (χ0n) is 8.93. The predicted octanol–water partition coefficient (Wildman–Crippen LogP) is -0.312. The highest BCUT2D eigenvalue weighted by Gasteiger charge is 2.33. The minimum Gasteiger partial charge on any atom is -0.356 e. The second-order valence-electron chi connectivity index (χ2n) is 3.59. The van der Waals surface area contributed by atoms with Gasteiger partial charge in [-0.15, -0.1) is 0 Å². The van der Waals surface area contributed by atoms with Gasteiger partial charge in [-0.3, -0.25) is 14.9 Å². The van der Waals surface area contributed by atoms with Crippen molar-refractivity contribution in [2.75, 3.05) is 11.9 Å². The number of amides is 2. The Hall–Kier alpha value is -1.92. The van der Waals surface area contributed by atoms with E-state index >= 15 is 0 Å². The van der Waals surface area contributed by atoms with Gasteiger partial charge in [-0.05, 0) is 6.42 Å². The highest BCUT2D eigenvalue weighted by atomic mass is 16.2. The highest BCUT2D eigenvalue weighted by molar-refractivity contribution is 5.98. The fourth-order valence-electron chi connectivity index (χ4n) is 1.56. The molecular weight excluding hydrogens is 210 g/mol. The summed E-state index contributed by atoms with van der Waals surface area (Å²) in [5.41, 5.74) is 0. The van der Waals surface area contributed by atoms with Gasteiger partial charge in [0.15, 0.2) is 0 Å². The molecule has 1 aromatic rings. The van der Waals surface area contributed by atoms with Gasteiger partial charge in [-0.2, -0.15) is 10.1 Å². The lowest BCUT2D eigenvalue weighted by Gasteiger charge is -2.08. The Morgan fingerprint density at radius 2 is 2.50 bits per heavy atom. The number of hydrogen-bond acceptors (Lipinski definition) is 4. The first-order chi connectivity index (χ1) is 7.72. The molecule has 1 aliphatic heterocycles. The molecule has 0 fully saturated rings. The van der Waals surface area contributed by atoms with E-state index in [1.54, 1.807) is 0 Å². The molecule has 0 bridgehead atoms. The van der Waals surface area contributed by atoms with Crippen molar-refractivity contribution >= 4 is 17.8 Å². The van der Waals surface area contributed by atoms with Crippen LogP contribution in [0.15, 0.2) is 6.33 Å². The first-order valence-electron chi connectivity index (χ1n) is 5.19. The molecule has 0 unspecified atom stereocenters. The van der Waals surface area contributed by atoms with Crippen molar-refractivity contribution in [3.8, 4) is 0 Å². The zero-order valence-corrected chi connectivity index (χ0v) is 8.93. The topological polar surface area (TPSA) is 88.9 Å². The van der Waals surface area contributed by atoms with Gasteiger partial charge in [0.05, 0.1) is 6.42 Å². The fraction of sp³-hybridized carbons (Fsp3) is 0.556. The van der Waals surface area contributed by atoms with Crippen LogP contribution in [0.5, 0.6) is 0 Å². The minimum atomic E-state index is -0.575. The van der Waals surface area contributed by atoms with Gasteiger partial charge in [0.2, 0.25) is 11.9 Å². The van der Waals surface area contributed by atoms with E-state index < -0.39 is 6.04 Å². The number of nitrogens with zero attached hydrogens (tertiary/aromatic N) is 3. The predicted molar refractivity (Wildman–Crippen MR) is 55.6 cm³/mol. The molecule has 1 aliphatic rings. The molecule has 7 heteroatoms. The van der Waals surface area contributed by atoms with E-state index in [0.29, 0.717) is 12.5 Å². The van der Waals surface area contributed by atoms with Crippen molar-refractivity contribution in [3.63, 3.8) is 0 Å². The van der Waals surface area contributed by atoms with Crippen LogP contribution in [0.25, 0.3) is 0 Å². The summed E-state index contributed by atoms with van der Waals surface area (Å²) in [6.07, 6.45) is 2.32. The number of fused-ring (bicyclic) bond motifs is 1. The molecule has 1 atom stereocenters. The Balaban J connectivity index is 2.00. The smallest absolute Gasteiger partial charge is 0.252 e. The van der Waals surface area contributed by atoms with Crippen LogP contribution in [-0.2, 0) is 9.59 Å². The lowest BCUT2D eigenvalue weighted by molar-refractivity contribution is -0.126. The van der Waals surface area contributed by atoms with Gasteiger partial charge in [0.1, 0.15) is 12.4 Å². The number of aromatic nitrogens is 3. The first kappa shape index (κ1) is 10.6. The van der Waals surface area contributed by atoms with Gasteiger partial charge in [0, 0.05) is 6.54 Å². The van der Waals surface area contributed by atoms with Gasteiger partial charge in [-0.1, -0.05) is 6.92 Å². The monoisotopic (exact) mass is 223 g/mol. The number of carbonyl (C=O) groups excluding carboxylic acids is 2. The van der Waals surface area contributed by atoms with Gasteiger partial charge in [-0.25, -0.2) is 4.68 Å². The van der Waals surface area contributed by atoms with Crippen LogP contribution in [0.2, 0.25) is 0 Å². The van der Waals surface area contributed by atoms with E-state index in [4.69, 9.17) is 0 Å². The highest BCUT2D eigenvalue weighted by Crippen LogP contribution is 2.23. The van der Waals surface area contributed by atoms with E-state index in [2.05, 4.69) is 20.7 Å². The molecule has 2 rings (SSSR count). The molecule has 16 heavy (non-hydrogen) atoms. The molecular formula is C9H13N5O2. The minimum absolute atomic E-state index is 0.0994. The van der Waals surface area contributed by atoms with E-state index in [9.17, 15) is 9.59 Å². The number of anilines is 1. The molecule has 0 aromatic carbocycles. The quantitative estimate of drug-likeness (QED) is 0.732. The molecule has 7 nitrogen and oxygen atoms in total. The summed E-state index contributed by atoms with van der Waals surface area (Å²) in [5, 5.41) is 9.19. The molecule has 1 aromatic heterocycles. The molecule has 2 heterocycles. The molecule has 0 aliphatic carbocycles. The Labute approximate surface area is 92.2 Å². The number of nitrogens with one attached hydrogen (secondary N) is 2. The van der Waals surface area contributed by atoms with Crippen molar-refractivity contribution in [1.29, 1.82) is 0 Å². The van der Waals surface area contributed by atoms with Gasteiger partial charge in [0.25, 0.3) is 5.91 Å². The van der Waals surface area contributed by atoms with Gasteiger partial charge >= 0.3 is 0 Å². The standard InChI is InChI=1S/C9H13N5O2/c1-2-3-10-7(15)4-6-8(16)13-9-11-5-12-14(6)9/h5-6H,2-4H2,1H3,(H,10,15)(H,11,12,13,16)/t6-/m0/s1. The average molecular weight is 223 g/mol. The van der Waals surface area contributed by atoms with Crippen LogP contribution in [0.1, 0.15) is 25.8 Å². The largest absolute Gasteiger partial charge is 0.356 e. The number of hydrogen-bond donors (Lipinski definition) is 2.